The molecule has 1 aliphatic carbocycles. The van der Waals surface area contributed by atoms with Crippen molar-refractivity contribution in [2.45, 2.75) is 51.0 Å². The highest BCUT2D eigenvalue weighted by Crippen LogP contribution is 2.26. The average molecular weight is 397 g/mol. The van der Waals surface area contributed by atoms with E-state index in [0.29, 0.717) is 5.91 Å². The minimum absolute atomic E-state index is 0.0704. The van der Waals surface area contributed by atoms with Crippen molar-refractivity contribution in [3.05, 3.63) is 24.4 Å². The fourth-order valence-corrected chi connectivity index (χ4v) is 5.42. The van der Waals surface area contributed by atoms with Gasteiger partial charge in [0.25, 0.3) is 0 Å². The third kappa shape index (κ3) is 3.84. The van der Waals surface area contributed by atoms with Gasteiger partial charge in [0.1, 0.15) is 0 Å². The molecule has 7 nitrogen and oxygen atoms in total. The summed E-state index contributed by atoms with van der Waals surface area (Å²) in [6.07, 6.45) is 10.8. The van der Waals surface area contributed by atoms with Crippen LogP contribution in [0.15, 0.2) is 24.4 Å². The van der Waals surface area contributed by atoms with E-state index in [1.165, 1.54) is 32.1 Å². The Bertz CT molecular complexity index is 837. The summed E-state index contributed by atoms with van der Waals surface area (Å²) in [7, 11) is 0. The molecule has 2 aromatic rings. The topological polar surface area (TPSA) is 57.0 Å². The van der Waals surface area contributed by atoms with E-state index in [1.807, 2.05) is 28.8 Å². The molecule has 0 aromatic carbocycles. The van der Waals surface area contributed by atoms with Crippen molar-refractivity contribution >= 4 is 17.5 Å². The van der Waals surface area contributed by atoms with Crippen molar-refractivity contribution in [1.82, 2.24) is 24.4 Å². The molecule has 29 heavy (non-hydrogen) atoms. The van der Waals surface area contributed by atoms with Crippen molar-refractivity contribution in [2.75, 3.05) is 44.2 Å². The van der Waals surface area contributed by atoms with Crippen LogP contribution < -0.4 is 4.90 Å². The number of hydrogen-bond donors (Lipinski definition) is 0. The number of piperidine rings is 1. The van der Waals surface area contributed by atoms with Gasteiger partial charge < -0.3 is 9.80 Å². The normalized spacial score (nSPS) is 24.9. The standard InChI is InChI=1S/C22H32N6O/c29-21(26-15-13-25(14-16-26)19-8-2-1-3-9-19)18-7-6-11-27(17-18)22-24-23-20-10-4-5-12-28(20)22/h4-5,10,12,18-19H,1-3,6-9,11,13-17H2/t18-/m0/s1. The Morgan fingerprint density at radius 1 is 0.897 bits per heavy atom. The van der Waals surface area contributed by atoms with E-state index in [-0.39, 0.29) is 5.92 Å². The van der Waals surface area contributed by atoms with Gasteiger partial charge in [-0.25, -0.2) is 0 Å². The van der Waals surface area contributed by atoms with Crippen molar-refractivity contribution in [2.24, 2.45) is 5.92 Å². The van der Waals surface area contributed by atoms with E-state index in [4.69, 9.17) is 0 Å². The van der Waals surface area contributed by atoms with Gasteiger partial charge in [-0.1, -0.05) is 25.3 Å². The number of pyridine rings is 1. The van der Waals surface area contributed by atoms with Crippen LogP contribution in [-0.4, -0.2) is 75.6 Å². The Kier molecular flexibility index (Phi) is 5.40. The second-order valence-electron chi connectivity index (χ2n) is 8.87. The maximum absolute atomic E-state index is 13.3. The molecular weight excluding hydrogens is 364 g/mol. The van der Waals surface area contributed by atoms with E-state index in [9.17, 15) is 4.79 Å². The number of nitrogens with zero attached hydrogens (tertiary/aromatic N) is 6. The van der Waals surface area contributed by atoms with E-state index < -0.39 is 0 Å². The molecular formula is C22H32N6O. The first kappa shape index (κ1) is 18.9. The predicted octanol–water partition coefficient (Wildman–Crippen LogP) is 2.42. The summed E-state index contributed by atoms with van der Waals surface area (Å²) in [5.74, 6) is 1.27. The molecule has 7 heteroatoms. The van der Waals surface area contributed by atoms with E-state index >= 15 is 0 Å². The Hall–Kier alpha value is -2.15. The highest BCUT2D eigenvalue weighted by Gasteiger charge is 2.33. The maximum atomic E-state index is 13.3. The Morgan fingerprint density at radius 2 is 1.72 bits per heavy atom. The van der Waals surface area contributed by atoms with Crippen molar-refractivity contribution in [1.29, 1.82) is 0 Å². The number of hydrogen-bond acceptors (Lipinski definition) is 5. The molecule has 3 fully saturated rings. The van der Waals surface area contributed by atoms with E-state index in [2.05, 4.69) is 24.9 Å². The number of aromatic nitrogens is 3. The molecule has 0 N–H and O–H groups in total. The summed E-state index contributed by atoms with van der Waals surface area (Å²) >= 11 is 0. The van der Waals surface area contributed by atoms with Crippen LogP contribution in [0.25, 0.3) is 5.65 Å². The average Bonchev–Trinajstić information content (AvgIpc) is 3.24. The number of piperazine rings is 1. The second kappa shape index (κ2) is 8.30. The lowest BCUT2D eigenvalue weighted by Crippen LogP contribution is -2.55. The van der Waals surface area contributed by atoms with Crippen molar-refractivity contribution < 1.29 is 4.79 Å². The molecule has 2 aromatic heterocycles. The number of amides is 1. The fraction of sp³-hybridized carbons (Fsp3) is 0.682. The number of rotatable bonds is 3. The van der Waals surface area contributed by atoms with Crippen molar-refractivity contribution in [3.63, 3.8) is 0 Å². The lowest BCUT2D eigenvalue weighted by atomic mass is 9.93. The minimum Gasteiger partial charge on any atom is -0.340 e. The quantitative estimate of drug-likeness (QED) is 0.798. The van der Waals surface area contributed by atoms with Crippen LogP contribution in [0.1, 0.15) is 44.9 Å². The zero-order chi connectivity index (χ0) is 19.6. The Balaban J connectivity index is 1.20. The molecule has 4 heterocycles. The van der Waals surface area contributed by atoms with Crippen LogP contribution in [0.5, 0.6) is 0 Å². The van der Waals surface area contributed by atoms with Crippen LogP contribution in [0.4, 0.5) is 5.95 Å². The predicted molar refractivity (Wildman–Crippen MR) is 113 cm³/mol. The van der Waals surface area contributed by atoms with Gasteiger partial charge in [0.05, 0.1) is 5.92 Å². The van der Waals surface area contributed by atoms with Gasteiger partial charge in [0.2, 0.25) is 11.9 Å². The zero-order valence-electron chi connectivity index (χ0n) is 17.2. The van der Waals surface area contributed by atoms with Gasteiger partial charge in [-0.3, -0.25) is 14.1 Å². The maximum Gasteiger partial charge on any atom is 0.231 e. The highest BCUT2D eigenvalue weighted by molar-refractivity contribution is 5.80. The molecule has 1 saturated carbocycles. The van der Waals surface area contributed by atoms with Gasteiger partial charge >= 0.3 is 0 Å². The summed E-state index contributed by atoms with van der Waals surface area (Å²) in [4.78, 5) is 20.3. The number of anilines is 1. The fourth-order valence-electron chi connectivity index (χ4n) is 5.42. The van der Waals surface area contributed by atoms with Crippen LogP contribution in [0.2, 0.25) is 0 Å². The van der Waals surface area contributed by atoms with Crippen molar-refractivity contribution in [3.8, 4) is 0 Å². The number of carbonyl (C=O) groups is 1. The van der Waals surface area contributed by atoms with Crippen LogP contribution in [0.3, 0.4) is 0 Å². The van der Waals surface area contributed by atoms with Gasteiger partial charge in [-0.05, 0) is 37.8 Å². The first-order valence-electron chi connectivity index (χ1n) is 11.4. The monoisotopic (exact) mass is 396 g/mol. The number of fused-ring (bicyclic) bond motifs is 1. The molecule has 3 aliphatic rings. The van der Waals surface area contributed by atoms with Crippen LogP contribution in [-0.2, 0) is 4.79 Å². The molecule has 1 atom stereocenters. The SMILES string of the molecule is O=C([C@H]1CCCN(c2nnc3ccccn23)C1)N1CCN(C2CCCCC2)CC1. The summed E-state index contributed by atoms with van der Waals surface area (Å²) in [5.41, 5.74) is 0.856. The highest BCUT2D eigenvalue weighted by atomic mass is 16.2. The second-order valence-corrected chi connectivity index (χ2v) is 8.87. The van der Waals surface area contributed by atoms with Gasteiger partial charge in [-0.15, -0.1) is 10.2 Å². The summed E-state index contributed by atoms with van der Waals surface area (Å²) < 4.78 is 2.02. The lowest BCUT2D eigenvalue weighted by Gasteiger charge is -2.42. The molecule has 0 radical (unpaired) electrons. The van der Waals surface area contributed by atoms with Crippen LogP contribution in [0, 0.1) is 5.92 Å². The lowest BCUT2D eigenvalue weighted by molar-refractivity contribution is -0.138. The molecule has 1 amide bonds. The molecule has 2 saturated heterocycles. The van der Waals surface area contributed by atoms with Gasteiger partial charge in [0, 0.05) is 51.5 Å². The molecule has 0 bridgehead atoms. The zero-order valence-corrected chi connectivity index (χ0v) is 17.2. The van der Waals surface area contributed by atoms with Gasteiger partial charge in [-0.2, -0.15) is 0 Å². The van der Waals surface area contributed by atoms with E-state index in [0.717, 1.165) is 69.7 Å². The first-order chi connectivity index (χ1) is 14.3. The third-order valence-electron chi connectivity index (χ3n) is 7.07. The molecule has 5 rings (SSSR count). The summed E-state index contributed by atoms with van der Waals surface area (Å²) in [6.45, 7) is 5.55. The molecule has 2 aliphatic heterocycles. The van der Waals surface area contributed by atoms with E-state index in [1.54, 1.807) is 0 Å². The molecule has 0 unspecified atom stereocenters. The number of carbonyl (C=O) groups excluding carboxylic acids is 1. The first-order valence-corrected chi connectivity index (χ1v) is 11.4. The molecule has 0 spiro atoms. The summed E-state index contributed by atoms with van der Waals surface area (Å²) in [6, 6.07) is 6.70. The third-order valence-corrected chi connectivity index (χ3v) is 7.07. The van der Waals surface area contributed by atoms with Gasteiger partial charge in [0.15, 0.2) is 5.65 Å². The Morgan fingerprint density at radius 3 is 2.55 bits per heavy atom. The smallest absolute Gasteiger partial charge is 0.231 e. The molecule has 156 valence electrons. The largest absolute Gasteiger partial charge is 0.340 e. The minimum atomic E-state index is 0.0704. The van der Waals surface area contributed by atoms with Crippen LogP contribution >= 0.6 is 0 Å². The summed E-state index contributed by atoms with van der Waals surface area (Å²) in [5, 5.41) is 8.67. The Labute approximate surface area is 172 Å².